The van der Waals surface area contributed by atoms with Gasteiger partial charge in [0.15, 0.2) is 0 Å². The van der Waals surface area contributed by atoms with Crippen molar-refractivity contribution in [3.05, 3.63) is 23.8 Å². The summed E-state index contributed by atoms with van der Waals surface area (Å²) in [7, 11) is 0. The first-order valence-electron chi connectivity index (χ1n) is 3.70. The van der Waals surface area contributed by atoms with Crippen LogP contribution in [0.15, 0.2) is 23.8 Å². The molecule has 0 heterocycles. The van der Waals surface area contributed by atoms with Crippen molar-refractivity contribution in [3.63, 3.8) is 0 Å². The van der Waals surface area contributed by atoms with Crippen LogP contribution in [-0.4, -0.2) is 0 Å². The molecule has 0 amide bonds. The maximum atomic E-state index is 2.34. The Morgan fingerprint density at radius 2 is 2.44 bits per heavy atom. The normalized spacial score (nSPS) is 39.0. The van der Waals surface area contributed by atoms with Crippen LogP contribution in [-0.2, 0) is 0 Å². The minimum absolute atomic E-state index is 0.486. The van der Waals surface area contributed by atoms with E-state index in [-0.39, 0.29) is 0 Å². The Hall–Kier alpha value is -0.520. The first kappa shape index (κ1) is 5.28. The Kier molecular flexibility index (Phi) is 0.879. The Bertz CT molecular complexity index is 186. The van der Waals surface area contributed by atoms with Gasteiger partial charge in [-0.3, -0.25) is 0 Å². The molecule has 0 aromatic rings. The molecule has 1 fully saturated rings. The molecule has 1 atom stereocenters. The van der Waals surface area contributed by atoms with Gasteiger partial charge >= 0.3 is 0 Å². The second-order valence-electron chi connectivity index (χ2n) is 3.32. The second-order valence-corrected chi connectivity index (χ2v) is 3.32. The highest BCUT2D eigenvalue weighted by Gasteiger charge is 2.32. The van der Waals surface area contributed by atoms with Crippen LogP contribution in [0, 0.1) is 5.41 Å². The van der Waals surface area contributed by atoms with Gasteiger partial charge in [-0.05, 0) is 19.3 Å². The number of fused-ring (bicyclic) bond motifs is 1. The molecular formula is C9H12. The molecule has 2 rings (SSSR count). The van der Waals surface area contributed by atoms with Gasteiger partial charge in [-0.1, -0.05) is 30.7 Å². The maximum absolute atomic E-state index is 2.34. The standard InChI is InChI=1S/C9H12/c1-9-6-2-4-8(9)5-3-7-9/h2,4,6H,3,5,7H2,1H3. The molecule has 9 heavy (non-hydrogen) atoms. The van der Waals surface area contributed by atoms with E-state index >= 15 is 0 Å². The molecule has 1 saturated carbocycles. The summed E-state index contributed by atoms with van der Waals surface area (Å²) in [6, 6.07) is 0. The van der Waals surface area contributed by atoms with E-state index in [1.54, 1.807) is 5.57 Å². The monoisotopic (exact) mass is 120 g/mol. The molecule has 0 saturated heterocycles. The third kappa shape index (κ3) is 0.592. The van der Waals surface area contributed by atoms with E-state index in [1.807, 2.05) is 0 Å². The SMILES string of the molecule is CC12C=CC=C1CCC2. The highest BCUT2D eigenvalue weighted by Crippen LogP contribution is 2.46. The first-order valence-corrected chi connectivity index (χ1v) is 3.70. The zero-order valence-electron chi connectivity index (χ0n) is 5.85. The minimum Gasteiger partial charge on any atom is -0.0745 e. The number of rotatable bonds is 0. The van der Waals surface area contributed by atoms with Crippen LogP contribution in [0.1, 0.15) is 26.2 Å². The van der Waals surface area contributed by atoms with E-state index in [2.05, 4.69) is 25.2 Å². The second kappa shape index (κ2) is 1.50. The Labute approximate surface area is 56.3 Å². The van der Waals surface area contributed by atoms with Crippen molar-refractivity contribution in [1.82, 2.24) is 0 Å². The van der Waals surface area contributed by atoms with Crippen LogP contribution >= 0.6 is 0 Å². The van der Waals surface area contributed by atoms with Gasteiger partial charge in [0.05, 0.1) is 0 Å². The predicted molar refractivity (Wildman–Crippen MR) is 39.2 cm³/mol. The lowest BCUT2D eigenvalue weighted by molar-refractivity contribution is 0.538. The van der Waals surface area contributed by atoms with Gasteiger partial charge in [0.25, 0.3) is 0 Å². The van der Waals surface area contributed by atoms with Gasteiger partial charge < -0.3 is 0 Å². The van der Waals surface area contributed by atoms with Gasteiger partial charge in [-0.2, -0.15) is 0 Å². The van der Waals surface area contributed by atoms with E-state index in [0.29, 0.717) is 5.41 Å². The molecule has 1 unspecified atom stereocenters. The largest absolute Gasteiger partial charge is 0.0745 e. The Balaban J connectivity index is 2.40. The molecule has 0 spiro atoms. The van der Waals surface area contributed by atoms with E-state index in [9.17, 15) is 0 Å². The number of hydrogen-bond donors (Lipinski definition) is 0. The first-order chi connectivity index (χ1) is 4.31. The smallest absolute Gasteiger partial charge is 0.00688 e. The van der Waals surface area contributed by atoms with Crippen LogP contribution < -0.4 is 0 Å². The van der Waals surface area contributed by atoms with Crippen LogP contribution in [0.4, 0.5) is 0 Å². The van der Waals surface area contributed by atoms with Gasteiger partial charge in [0.1, 0.15) is 0 Å². The maximum Gasteiger partial charge on any atom is 0.00688 e. The molecule has 0 aromatic heterocycles. The summed E-state index contributed by atoms with van der Waals surface area (Å²) in [4.78, 5) is 0. The molecule has 0 aromatic carbocycles. The third-order valence-electron chi connectivity index (χ3n) is 2.64. The summed E-state index contributed by atoms with van der Waals surface area (Å²) >= 11 is 0. The predicted octanol–water partition coefficient (Wildman–Crippen LogP) is 2.67. The summed E-state index contributed by atoms with van der Waals surface area (Å²) in [6.45, 7) is 2.34. The average molecular weight is 120 g/mol. The van der Waals surface area contributed by atoms with Crippen molar-refractivity contribution < 1.29 is 0 Å². The highest BCUT2D eigenvalue weighted by molar-refractivity contribution is 5.35. The van der Waals surface area contributed by atoms with Crippen molar-refractivity contribution in [2.75, 3.05) is 0 Å². The zero-order valence-corrected chi connectivity index (χ0v) is 5.85. The van der Waals surface area contributed by atoms with Crippen molar-refractivity contribution >= 4 is 0 Å². The van der Waals surface area contributed by atoms with Crippen molar-refractivity contribution in [2.45, 2.75) is 26.2 Å². The molecule has 2 aliphatic rings. The highest BCUT2D eigenvalue weighted by atomic mass is 14.4. The summed E-state index contributed by atoms with van der Waals surface area (Å²) < 4.78 is 0. The van der Waals surface area contributed by atoms with Crippen LogP contribution in [0.3, 0.4) is 0 Å². The lowest BCUT2D eigenvalue weighted by Crippen LogP contribution is -2.05. The Morgan fingerprint density at radius 3 is 3.22 bits per heavy atom. The average Bonchev–Trinajstić information content (AvgIpc) is 2.22. The van der Waals surface area contributed by atoms with Crippen molar-refractivity contribution in [3.8, 4) is 0 Å². The quantitative estimate of drug-likeness (QED) is 0.461. The van der Waals surface area contributed by atoms with Gasteiger partial charge in [-0.25, -0.2) is 0 Å². The van der Waals surface area contributed by atoms with Crippen molar-refractivity contribution in [1.29, 1.82) is 0 Å². The lowest BCUT2D eigenvalue weighted by Gasteiger charge is -2.16. The van der Waals surface area contributed by atoms with E-state index in [4.69, 9.17) is 0 Å². The summed E-state index contributed by atoms with van der Waals surface area (Å²) in [6.07, 6.45) is 10.9. The van der Waals surface area contributed by atoms with E-state index in [1.165, 1.54) is 19.3 Å². The fourth-order valence-corrected chi connectivity index (χ4v) is 1.93. The third-order valence-corrected chi connectivity index (χ3v) is 2.64. The fraction of sp³-hybridized carbons (Fsp3) is 0.556. The van der Waals surface area contributed by atoms with Crippen LogP contribution in [0.2, 0.25) is 0 Å². The Morgan fingerprint density at radius 1 is 1.56 bits per heavy atom. The molecular weight excluding hydrogens is 108 g/mol. The van der Waals surface area contributed by atoms with Gasteiger partial charge in [-0.15, -0.1) is 0 Å². The molecule has 0 heteroatoms. The van der Waals surface area contributed by atoms with Gasteiger partial charge in [0, 0.05) is 5.41 Å². The van der Waals surface area contributed by atoms with Gasteiger partial charge in [0.2, 0.25) is 0 Å². The molecule has 0 aliphatic heterocycles. The van der Waals surface area contributed by atoms with Crippen molar-refractivity contribution in [2.24, 2.45) is 5.41 Å². The zero-order chi connectivity index (χ0) is 6.32. The topological polar surface area (TPSA) is 0 Å². The lowest BCUT2D eigenvalue weighted by atomic mass is 9.88. The number of hydrogen-bond acceptors (Lipinski definition) is 0. The van der Waals surface area contributed by atoms with E-state index < -0.39 is 0 Å². The molecule has 0 bridgehead atoms. The summed E-state index contributed by atoms with van der Waals surface area (Å²) in [5.41, 5.74) is 2.14. The summed E-state index contributed by atoms with van der Waals surface area (Å²) in [5, 5.41) is 0. The van der Waals surface area contributed by atoms with Crippen LogP contribution in [0.25, 0.3) is 0 Å². The molecule has 48 valence electrons. The van der Waals surface area contributed by atoms with E-state index in [0.717, 1.165) is 0 Å². The van der Waals surface area contributed by atoms with Crippen LogP contribution in [0.5, 0.6) is 0 Å². The number of allylic oxidation sites excluding steroid dienone is 4. The summed E-state index contributed by atoms with van der Waals surface area (Å²) in [5.74, 6) is 0. The molecule has 0 radical (unpaired) electrons. The molecule has 0 N–H and O–H groups in total. The molecule has 0 nitrogen and oxygen atoms in total. The minimum atomic E-state index is 0.486. The molecule has 2 aliphatic carbocycles. The fourth-order valence-electron chi connectivity index (χ4n) is 1.93.